The fourth-order valence-corrected chi connectivity index (χ4v) is 11.4. The van der Waals surface area contributed by atoms with E-state index < -0.39 is 155 Å². The van der Waals surface area contributed by atoms with Crippen LogP contribution in [0.15, 0.2) is 12.2 Å². The van der Waals surface area contributed by atoms with Gasteiger partial charge >= 0.3 is 0 Å². The topological polar surface area (TPSA) is 291 Å². The summed E-state index contributed by atoms with van der Waals surface area (Å²) in [5.74, 6) is -10.3. The van der Waals surface area contributed by atoms with Crippen LogP contribution in [0.3, 0.4) is 0 Å². The monoisotopic (exact) mass is 1300 g/mol. The van der Waals surface area contributed by atoms with Crippen LogP contribution in [0.25, 0.3) is 0 Å². The highest BCUT2D eigenvalue weighted by molar-refractivity contribution is 6.00. The van der Waals surface area contributed by atoms with Gasteiger partial charge in [0.25, 0.3) is 5.91 Å². The fourth-order valence-electron chi connectivity index (χ4n) is 11.4. The first-order valence-electron chi connectivity index (χ1n) is 33.2. The first kappa shape index (κ1) is 83.8. The summed E-state index contributed by atoms with van der Waals surface area (Å²) in [6, 6.07) is -12.8. The Morgan fingerprint density at radius 1 is 0.489 bits per heavy atom. The van der Waals surface area contributed by atoms with Crippen LogP contribution in [-0.4, -0.2) is 259 Å². The molecule has 1 rings (SSSR count). The van der Waals surface area contributed by atoms with Crippen molar-refractivity contribution in [1.82, 2.24) is 60.5 Å². The van der Waals surface area contributed by atoms with Gasteiger partial charge < -0.3 is 70.3 Å². The summed E-state index contributed by atoms with van der Waals surface area (Å²) < 4.78 is 6.25. The second-order valence-corrected chi connectivity index (χ2v) is 28.0. The number of nitrogens with zero attached hydrogens (tertiary/aromatic N) is 8. The quantitative estimate of drug-likeness (QED) is 0.109. The Morgan fingerprint density at radius 2 is 0.913 bits per heavy atom. The van der Waals surface area contributed by atoms with Crippen LogP contribution in [0, 0.1) is 41.4 Å². The Bertz CT molecular complexity index is 2490. The van der Waals surface area contributed by atoms with E-state index in [4.69, 9.17) is 4.74 Å². The number of aliphatic hydroxyl groups is 1. The molecule has 0 aromatic rings. The molecule has 0 aliphatic carbocycles. The first-order valence-corrected chi connectivity index (χ1v) is 33.2. The van der Waals surface area contributed by atoms with Crippen molar-refractivity contribution < 1.29 is 62.6 Å². The van der Waals surface area contributed by atoms with Crippen LogP contribution in [0.1, 0.15) is 163 Å². The van der Waals surface area contributed by atoms with Gasteiger partial charge in [-0.15, -0.1) is 0 Å². The van der Waals surface area contributed by atoms with Crippen molar-refractivity contribution in [2.45, 2.75) is 235 Å². The van der Waals surface area contributed by atoms with Gasteiger partial charge in [0.15, 0.2) is 0 Å². The van der Waals surface area contributed by atoms with Gasteiger partial charge in [-0.1, -0.05) is 116 Å². The van der Waals surface area contributed by atoms with Crippen LogP contribution in [0.2, 0.25) is 0 Å². The van der Waals surface area contributed by atoms with Gasteiger partial charge in [-0.3, -0.25) is 52.7 Å². The van der Waals surface area contributed by atoms with Gasteiger partial charge in [0, 0.05) is 55.9 Å². The molecule has 5 unspecified atom stereocenters. The lowest BCUT2D eigenvalue weighted by atomic mass is 9.91. The predicted molar refractivity (Wildman–Crippen MR) is 356 cm³/mol. The minimum atomic E-state index is -1.68. The average Bonchev–Trinajstić information content (AvgIpc) is 0.845. The molecule has 0 aromatic carbocycles. The lowest BCUT2D eigenvalue weighted by molar-refractivity contribution is -0.168. The van der Waals surface area contributed by atoms with Gasteiger partial charge in [0.1, 0.15) is 60.4 Å². The summed E-state index contributed by atoms with van der Waals surface area (Å²) in [5, 5.41) is 23.4. The van der Waals surface area contributed by atoms with Crippen LogP contribution in [0.4, 0.5) is 0 Å². The molecule has 1 aliphatic rings. The molecule has 0 bridgehead atoms. The second-order valence-electron chi connectivity index (χ2n) is 28.0. The number of hydrogen-bond donors (Lipinski definition) is 5. The summed E-state index contributed by atoms with van der Waals surface area (Å²) in [5.41, 5.74) is 0. The van der Waals surface area contributed by atoms with E-state index in [1.54, 1.807) is 72.7 Å². The standard InChI is InChI=1S/C67H122N12O13/c1-27-30-31-44(15)55(80)54-59(84)70-47(29-3)61(86)79(26)67(92-33-32-72(18)19)66(91)74(21)49(35-39(6)7)58(83)71-52(43(14)28-2)64(89)73(20)48(34-38(4)5)57(82)68-45(16)56(81)69-46(17)60(85)75(22)50(36-40(8)9)62(87)76(23)51(37-41(10)11)63(88)77(24)53(42(12)13)65(90)78(54)25/h27,30,38-55,67,80H,28-29,31-37H2,1-26H3,(H,68,82)(H,69,81)(H,70,84)(H,71,83)/b30-27+/t43?,44-,45+,46-,47+,48+,49+,50+,51+,52?,53?,54?,55-,67?/m1/s1. The molecule has 0 saturated carbocycles. The number of ether oxygens (including phenoxy) is 1. The number of carbonyl (C=O) groups is 11. The lowest BCUT2D eigenvalue weighted by Crippen LogP contribution is -2.64. The third-order valence-electron chi connectivity index (χ3n) is 17.6. The van der Waals surface area contributed by atoms with Crippen molar-refractivity contribution in [3.8, 4) is 0 Å². The fraction of sp³-hybridized carbons (Fsp3) is 0.806. The van der Waals surface area contributed by atoms with Gasteiger partial charge in [0.2, 0.25) is 65.3 Å². The summed E-state index contributed by atoms with van der Waals surface area (Å²) in [6.45, 7) is 30.3. The van der Waals surface area contributed by atoms with E-state index >= 15 is 28.8 Å². The molecule has 0 aromatic heterocycles. The molecule has 1 fully saturated rings. The SMILES string of the molecule is C/C=C/C[C@@H](C)[C@@H](O)C1C(=O)N[C@@H](CC)C(=O)N(C)C(OCCN(C)C)C(=O)N(C)[C@@H](CC(C)C)C(=O)NC(C(C)CC)C(=O)N(C)[C@@H](CC(C)C)C(=O)N[C@@H](C)C(=O)N[C@H](C)C(=O)N(C)[C@@H](CC(C)C)C(=O)N(C)[C@@H](CC(C)C)C(=O)N(C)C(C(C)C)C(=O)N1C. The zero-order valence-electron chi connectivity index (χ0n) is 60.9. The molecular weight excluding hydrogens is 1180 g/mol. The molecule has 25 nitrogen and oxygen atoms in total. The van der Waals surface area contributed by atoms with E-state index in [-0.39, 0.29) is 68.8 Å². The van der Waals surface area contributed by atoms with Crippen molar-refractivity contribution in [2.75, 3.05) is 76.6 Å². The normalized spacial score (nSPS) is 26.9. The van der Waals surface area contributed by atoms with Gasteiger partial charge in [-0.05, 0) is 115 Å². The van der Waals surface area contributed by atoms with Gasteiger partial charge in [-0.2, -0.15) is 0 Å². The summed E-state index contributed by atoms with van der Waals surface area (Å²) in [7, 11) is 13.5. The Labute approximate surface area is 551 Å². The summed E-state index contributed by atoms with van der Waals surface area (Å²) in [4.78, 5) is 174. The zero-order chi connectivity index (χ0) is 71.3. The lowest BCUT2D eigenvalue weighted by Gasteiger charge is -2.41. The number of allylic oxidation sites excluding steroid dienone is 2. The van der Waals surface area contributed by atoms with Crippen molar-refractivity contribution in [1.29, 1.82) is 0 Å². The molecule has 25 heteroatoms. The number of carbonyl (C=O) groups excluding carboxylic acids is 11. The van der Waals surface area contributed by atoms with Crippen molar-refractivity contribution in [3.05, 3.63) is 12.2 Å². The van der Waals surface area contributed by atoms with E-state index in [1.165, 1.54) is 87.7 Å². The Morgan fingerprint density at radius 3 is 1.36 bits per heavy atom. The predicted octanol–water partition coefficient (Wildman–Crippen LogP) is 3.56. The van der Waals surface area contributed by atoms with Gasteiger partial charge in [-0.25, -0.2) is 0 Å². The third kappa shape index (κ3) is 23.7. The number of amides is 11. The van der Waals surface area contributed by atoms with Crippen LogP contribution in [0.5, 0.6) is 0 Å². The largest absolute Gasteiger partial charge is 0.390 e. The smallest absolute Gasteiger partial charge is 0.273 e. The number of aliphatic hydroxyl groups excluding tert-OH is 1. The van der Waals surface area contributed by atoms with E-state index in [0.29, 0.717) is 13.0 Å². The van der Waals surface area contributed by atoms with Crippen molar-refractivity contribution in [2.24, 2.45) is 41.4 Å². The van der Waals surface area contributed by atoms with Gasteiger partial charge in [0.05, 0.1) is 12.7 Å². The molecule has 92 heavy (non-hydrogen) atoms. The van der Waals surface area contributed by atoms with E-state index in [9.17, 15) is 29.1 Å². The zero-order valence-corrected chi connectivity index (χ0v) is 60.9. The van der Waals surface area contributed by atoms with Crippen LogP contribution >= 0.6 is 0 Å². The van der Waals surface area contributed by atoms with Crippen LogP contribution < -0.4 is 21.3 Å². The molecule has 11 amide bonds. The van der Waals surface area contributed by atoms with E-state index in [1.807, 2.05) is 62.3 Å². The maximum atomic E-state index is 15.3. The highest BCUT2D eigenvalue weighted by Crippen LogP contribution is 2.26. The summed E-state index contributed by atoms with van der Waals surface area (Å²) >= 11 is 0. The molecule has 1 heterocycles. The molecule has 5 N–H and O–H groups in total. The molecule has 1 saturated heterocycles. The Kier molecular flexibility index (Phi) is 35.4. The highest BCUT2D eigenvalue weighted by atomic mass is 16.5. The summed E-state index contributed by atoms with van der Waals surface area (Å²) in [6.07, 6.45) is 1.54. The molecular formula is C67H122N12O13. The first-order chi connectivity index (χ1) is 42.6. The number of likely N-dealkylation sites (N-methyl/N-ethyl adjacent to an activating group) is 8. The molecule has 1 aliphatic heterocycles. The Balaban J connectivity index is 4.55. The maximum Gasteiger partial charge on any atom is 0.273 e. The van der Waals surface area contributed by atoms with Crippen LogP contribution in [-0.2, 0) is 57.5 Å². The Hall–Kier alpha value is -6.21. The highest BCUT2D eigenvalue weighted by Gasteiger charge is 2.47. The number of hydrogen-bond acceptors (Lipinski definition) is 14. The number of rotatable bonds is 20. The second kappa shape index (κ2) is 38.8. The minimum absolute atomic E-state index is 0.0418. The average molecular weight is 1300 g/mol. The van der Waals surface area contributed by atoms with E-state index in [0.717, 1.165) is 9.80 Å². The van der Waals surface area contributed by atoms with E-state index in [2.05, 4.69) is 21.3 Å². The molecule has 0 spiro atoms. The maximum absolute atomic E-state index is 15.3. The minimum Gasteiger partial charge on any atom is -0.390 e. The van der Waals surface area contributed by atoms with Crippen molar-refractivity contribution >= 4 is 65.0 Å². The van der Waals surface area contributed by atoms with Crippen molar-refractivity contribution in [3.63, 3.8) is 0 Å². The number of nitrogens with one attached hydrogen (secondary N) is 4. The molecule has 14 atom stereocenters. The molecule has 528 valence electrons. The third-order valence-corrected chi connectivity index (χ3v) is 17.6. The molecule has 0 radical (unpaired) electrons.